The lowest BCUT2D eigenvalue weighted by Crippen LogP contribution is -3.00. The number of ketones is 1. The number of hydrogen-bond donors (Lipinski definition) is 3. The van der Waals surface area contributed by atoms with Crippen molar-refractivity contribution in [2.24, 2.45) is 11.5 Å². The van der Waals surface area contributed by atoms with E-state index >= 15 is 0 Å². The highest BCUT2D eigenvalue weighted by atomic mass is 35.5. The molecule has 0 fully saturated rings. The minimum absolute atomic E-state index is 0. The topological polar surface area (TPSA) is 128 Å². The molecule has 9 heteroatoms. The van der Waals surface area contributed by atoms with E-state index in [0.717, 1.165) is 0 Å². The number of ether oxygens (including phenoxy) is 3. The average Bonchev–Trinajstić information content (AvgIpc) is 2.79. The quantitative estimate of drug-likeness (QED) is 0.125. The maximum atomic E-state index is 13.2. The van der Waals surface area contributed by atoms with E-state index in [-0.39, 0.29) is 35.1 Å². The first-order chi connectivity index (χ1) is 14.9. The van der Waals surface area contributed by atoms with Crippen LogP contribution in [-0.4, -0.2) is 31.9 Å². The fraction of sp³-hybridized carbons (Fsp3) is 0.0870. The Morgan fingerprint density at radius 3 is 2.00 bits per heavy atom. The van der Waals surface area contributed by atoms with E-state index in [1.165, 1.54) is 20.3 Å². The molecule has 0 aliphatic carbocycles. The van der Waals surface area contributed by atoms with Crippen molar-refractivity contribution in [1.29, 1.82) is 0 Å². The molecule has 3 aromatic carbocycles. The summed E-state index contributed by atoms with van der Waals surface area (Å²) in [6.07, 6.45) is 0. The zero-order valence-electron chi connectivity index (χ0n) is 17.4. The average molecular weight is 456 g/mol. The van der Waals surface area contributed by atoms with Gasteiger partial charge in [-0.3, -0.25) is 16.3 Å². The van der Waals surface area contributed by atoms with Gasteiger partial charge in [0.1, 0.15) is 17.2 Å². The Labute approximate surface area is 191 Å². The molecule has 0 radical (unpaired) electrons. The number of nitrogens with two attached hydrogens (primary N) is 2. The molecule has 0 saturated heterocycles. The third-order valence-corrected chi connectivity index (χ3v) is 4.40. The van der Waals surface area contributed by atoms with Gasteiger partial charge >= 0.3 is 11.9 Å². The molecule has 0 aliphatic heterocycles. The SMILES string of the molecule is COc1ccc(OC)c(C(=O)c2ccccc2C(=O)Oc2ccc([NH+]=C(N)N)cc2)c1.[Cl-]. The third-order valence-electron chi connectivity index (χ3n) is 4.40. The van der Waals surface area contributed by atoms with Gasteiger partial charge in [-0.05, 0) is 48.5 Å². The summed E-state index contributed by atoms with van der Waals surface area (Å²) in [4.78, 5) is 28.8. The summed E-state index contributed by atoms with van der Waals surface area (Å²) in [5.74, 6) is 0.145. The van der Waals surface area contributed by atoms with Crippen molar-refractivity contribution in [3.8, 4) is 17.2 Å². The molecular formula is C23H22ClN3O5. The van der Waals surface area contributed by atoms with Crippen LogP contribution in [0.2, 0.25) is 0 Å². The molecule has 0 bridgehead atoms. The third kappa shape index (κ3) is 5.55. The van der Waals surface area contributed by atoms with Gasteiger partial charge < -0.3 is 26.6 Å². The molecule has 0 spiro atoms. The van der Waals surface area contributed by atoms with Crippen molar-refractivity contribution >= 4 is 23.4 Å². The van der Waals surface area contributed by atoms with Gasteiger partial charge in [-0.1, -0.05) is 18.2 Å². The number of nitrogens with one attached hydrogen (secondary N) is 1. The normalized spacial score (nSPS) is 9.81. The van der Waals surface area contributed by atoms with Gasteiger partial charge in [-0.15, -0.1) is 0 Å². The van der Waals surface area contributed by atoms with Gasteiger partial charge in [0.2, 0.25) is 0 Å². The highest BCUT2D eigenvalue weighted by Crippen LogP contribution is 2.28. The summed E-state index contributed by atoms with van der Waals surface area (Å²) in [7, 11) is 2.97. The van der Waals surface area contributed by atoms with Gasteiger partial charge in [0.25, 0.3) is 0 Å². The summed E-state index contributed by atoms with van der Waals surface area (Å²) < 4.78 is 16.0. The Kier molecular flexibility index (Phi) is 8.20. The highest BCUT2D eigenvalue weighted by molar-refractivity contribution is 6.16. The molecule has 0 heterocycles. The Morgan fingerprint density at radius 1 is 0.781 bits per heavy atom. The summed E-state index contributed by atoms with van der Waals surface area (Å²) in [5.41, 5.74) is 12.0. The molecule has 0 saturated carbocycles. The Bertz CT molecular complexity index is 1140. The van der Waals surface area contributed by atoms with Crippen LogP contribution in [0.15, 0.2) is 66.7 Å². The van der Waals surface area contributed by atoms with Gasteiger partial charge in [0, 0.05) is 5.56 Å². The largest absolute Gasteiger partial charge is 1.00 e. The van der Waals surface area contributed by atoms with Crippen LogP contribution >= 0.6 is 0 Å². The maximum Gasteiger partial charge on any atom is 0.344 e. The van der Waals surface area contributed by atoms with Crippen LogP contribution in [0.4, 0.5) is 5.69 Å². The number of halogens is 1. The van der Waals surface area contributed by atoms with Crippen LogP contribution in [0, 0.1) is 0 Å². The van der Waals surface area contributed by atoms with Crippen molar-refractivity contribution in [2.75, 3.05) is 14.2 Å². The molecule has 0 aromatic heterocycles. The second kappa shape index (κ2) is 10.8. The van der Waals surface area contributed by atoms with Crippen LogP contribution in [0.25, 0.3) is 0 Å². The maximum absolute atomic E-state index is 13.2. The van der Waals surface area contributed by atoms with Crippen LogP contribution < -0.4 is 43.1 Å². The molecule has 3 rings (SSSR count). The molecule has 0 unspecified atom stereocenters. The van der Waals surface area contributed by atoms with E-state index < -0.39 is 11.8 Å². The summed E-state index contributed by atoms with van der Waals surface area (Å²) in [5, 5.41) is 0. The van der Waals surface area contributed by atoms with Gasteiger partial charge in [0.05, 0.1) is 31.0 Å². The second-order valence-corrected chi connectivity index (χ2v) is 6.44. The number of carbonyl (C=O) groups is 2. The van der Waals surface area contributed by atoms with Gasteiger partial charge in [-0.25, -0.2) is 9.79 Å². The number of esters is 1. The predicted molar refractivity (Wildman–Crippen MR) is 115 cm³/mol. The number of benzene rings is 3. The first-order valence-electron chi connectivity index (χ1n) is 9.26. The monoisotopic (exact) mass is 455 g/mol. The Hall–Kier alpha value is -4.04. The molecule has 166 valence electrons. The van der Waals surface area contributed by atoms with E-state index in [9.17, 15) is 9.59 Å². The number of hydrogen-bond acceptors (Lipinski definition) is 5. The van der Waals surface area contributed by atoms with E-state index in [4.69, 9.17) is 25.7 Å². The van der Waals surface area contributed by atoms with Crippen molar-refractivity contribution in [1.82, 2.24) is 0 Å². The molecular weight excluding hydrogens is 434 g/mol. The van der Waals surface area contributed by atoms with Crippen molar-refractivity contribution in [3.05, 3.63) is 83.4 Å². The molecule has 5 N–H and O–H groups in total. The number of carbonyl (C=O) groups excluding carboxylic acids is 2. The number of rotatable bonds is 7. The molecule has 0 aliphatic rings. The fourth-order valence-electron chi connectivity index (χ4n) is 2.93. The lowest BCUT2D eigenvalue weighted by Gasteiger charge is -2.12. The zero-order chi connectivity index (χ0) is 22.4. The second-order valence-electron chi connectivity index (χ2n) is 6.44. The van der Waals surface area contributed by atoms with Crippen LogP contribution in [0.3, 0.4) is 0 Å². The lowest BCUT2D eigenvalue weighted by molar-refractivity contribution is -0.356. The predicted octanol–water partition coefficient (Wildman–Crippen LogP) is -1.86. The highest BCUT2D eigenvalue weighted by Gasteiger charge is 2.22. The molecule has 32 heavy (non-hydrogen) atoms. The standard InChI is InChI=1S/C23H21N3O5.ClH/c1-29-16-11-12-20(30-2)19(13-16)21(27)17-5-3-4-6-18(17)22(28)31-15-9-7-14(8-10-15)26-23(24)25;/h3-13H,1-2H3,(H4,24,25,26);1H. The van der Waals surface area contributed by atoms with Crippen molar-refractivity contribution in [2.45, 2.75) is 0 Å². The van der Waals surface area contributed by atoms with E-state index in [2.05, 4.69) is 4.99 Å². The Morgan fingerprint density at radius 2 is 1.41 bits per heavy atom. The fourth-order valence-corrected chi connectivity index (χ4v) is 2.93. The summed E-state index contributed by atoms with van der Waals surface area (Å²) in [6, 6.07) is 17.8. The van der Waals surface area contributed by atoms with Crippen LogP contribution in [0.1, 0.15) is 26.3 Å². The van der Waals surface area contributed by atoms with E-state index in [0.29, 0.717) is 22.9 Å². The summed E-state index contributed by atoms with van der Waals surface area (Å²) in [6.45, 7) is 0. The number of methoxy groups -OCH3 is 2. The van der Waals surface area contributed by atoms with E-state index in [1.54, 1.807) is 60.7 Å². The molecule has 8 nitrogen and oxygen atoms in total. The molecule has 3 aromatic rings. The number of guanidine groups is 1. The lowest BCUT2D eigenvalue weighted by atomic mass is 9.97. The Balaban J connectivity index is 0.00000363. The first-order valence-corrected chi connectivity index (χ1v) is 9.26. The van der Waals surface area contributed by atoms with Crippen molar-refractivity contribution in [3.63, 3.8) is 0 Å². The van der Waals surface area contributed by atoms with Gasteiger partial charge in [-0.2, -0.15) is 0 Å². The minimum atomic E-state index is -0.670. The van der Waals surface area contributed by atoms with Crippen LogP contribution in [-0.2, 0) is 0 Å². The summed E-state index contributed by atoms with van der Waals surface area (Å²) >= 11 is 0. The van der Waals surface area contributed by atoms with Crippen LogP contribution in [0.5, 0.6) is 17.2 Å². The minimum Gasteiger partial charge on any atom is -1.00 e. The zero-order valence-corrected chi connectivity index (χ0v) is 18.2. The smallest absolute Gasteiger partial charge is 0.344 e. The van der Waals surface area contributed by atoms with Crippen molar-refractivity contribution < 1.29 is 41.2 Å². The first kappa shape index (κ1) is 24.2. The van der Waals surface area contributed by atoms with E-state index in [1.807, 2.05) is 0 Å². The molecule has 0 amide bonds. The van der Waals surface area contributed by atoms with Gasteiger partial charge in [0.15, 0.2) is 5.78 Å². The molecule has 0 atom stereocenters.